The number of amides is 1. The van der Waals surface area contributed by atoms with Crippen molar-refractivity contribution in [2.75, 3.05) is 12.9 Å². The Morgan fingerprint density at radius 2 is 2.16 bits per heavy atom. The van der Waals surface area contributed by atoms with Gasteiger partial charge in [0.15, 0.2) is 5.12 Å². The van der Waals surface area contributed by atoms with E-state index in [-0.39, 0.29) is 5.12 Å². The number of benzene rings is 1. The molecule has 0 heterocycles. The van der Waals surface area contributed by atoms with Crippen LogP contribution in [0.5, 0.6) is 5.75 Å². The van der Waals surface area contributed by atoms with Crippen LogP contribution < -0.4 is 10.5 Å². The van der Waals surface area contributed by atoms with E-state index in [2.05, 4.69) is 11.8 Å². The van der Waals surface area contributed by atoms with E-state index >= 15 is 0 Å². The highest BCUT2D eigenvalue weighted by Crippen LogP contribution is 2.16. The summed E-state index contributed by atoms with van der Waals surface area (Å²) in [5, 5.41) is 0.0732. The second kappa shape index (κ2) is 7.49. The van der Waals surface area contributed by atoms with Crippen LogP contribution in [0.1, 0.15) is 29.3 Å². The average Bonchev–Trinajstić information content (AvgIpc) is 2.38. The van der Waals surface area contributed by atoms with Crippen molar-refractivity contribution in [2.24, 2.45) is 5.73 Å². The van der Waals surface area contributed by atoms with E-state index in [4.69, 9.17) is 10.5 Å². The number of primary amides is 1. The number of hydrogen-bond donors (Lipinski definition) is 1. The number of nitrogens with two attached hydrogens (primary N) is 1. The maximum absolute atomic E-state index is 11.3. The molecule has 19 heavy (non-hydrogen) atoms. The standard InChI is InChI=1S/C14H15NO3S/c1-10(16)19-8-4-3-5-11-6-7-12(18-2)9-13(11)14(15)17/h6-7,9H,4,8H2,1-2H3,(H2,15,17). The molecule has 0 fully saturated rings. The van der Waals surface area contributed by atoms with Gasteiger partial charge in [0.05, 0.1) is 12.7 Å². The quantitative estimate of drug-likeness (QED) is 0.673. The SMILES string of the molecule is COc1ccc(C#CCCSC(C)=O)c(C(N)=O)c1. The van der Waals surface area contributed by atoms with E-state index < -0.39 is 5.91 Å². The van der Waals surface area contributed by atoms with Gasteiger partial charge in [0, 0.05) is 24.7 Å². The topological polar surface area (TPSA) is 69.4 Å². The number of carbonyl (C=O) groups is 2. The van der Waals surface area contributed by atoms with Crippen LogP contribution in [0.3, 0.4) is 0 Å². The molecule has 1 aromatic rings. The first-order chi connectivity index (χ1) is 9.04. The first-order valence-corrected chi connectivity index (χ1v) is 6.63. The molecular weight excluding hydrogens is 262 g/mol. The molecule has 2 N–H and O–H groups in total. The Labute approximate surface area is 116 Å². The Bertz CT molecular complexity index is 543. The van der Waals surface area contributed by atoms with Crippen molar-refractivity contribution in [3.05, 3.63) is 29.3 Å². The van der Waals surface area contributed by atoms with Crippen LogP contribution in [-0.2, 0) is 4.79 Å². The molecule has 0 aliphatic heterocycles. The van der Waals surface area contributed by atoms with Crippen LogP contribution in [-0.4, -0.2) is 23.9 Å². The highest BCUT2D eigenvalue weighted by atomic mass is 32.2. The highest BCUT2D eigenvalue weighted by Gasteiger charge is 2.07. The minimum atomic E-state index is -0.540. The van der Waals surface area contributed by atoms with Gasteiger partial charge in [-0.05, 0) is 18.2 Å². The molecule has 0 aliphatic rings. The number of hydrogen-bond acceptors (Lipinski definition) is 4. The fourth-order valence-electron chi connectivity index (χ4n) is 1.37. The van der Waals surface area contributed by atoms with Crippen LogP contribution in [0.25, 0.3) is 0 Å². The Morgan fingerprint density at radius 1 is 1.42 bits per heavy atom. The van der Waals surface area contributed by atoms with Gasteiger partial charge in [0.1, 0.15) is 5.75 Å². The molecule has 0 saturated heterocycles. The zero-order valence-corrected chi connectivity index (χ0v) is 11.7. The molecule has 0 atom stereocenters. The lowest BCUT2D eigenvalue weighted by Gasteiger charge is -2.03. The predicted molar refractivity (Wildman–Crippen MR) is 76.1 cm³/mol. The summed E-state index contributed by atoms with van der Waals surface area (Å²) in [6.07, 6.45) is 0.578. The molecule has 0 unspecified atom stereocenters. The molecule has 0 radical (unpaired) electrons. The van der Waals surface area contributed by atoms with Crippen molar-refractivity contribution in [1.29, 1.82) is 0 Å². The second-order valence-corrected chi connectivity index (χ2v) is 4.94. The van der Waals surface area contributed by atoms with E-state index in [9.17, 15) is 9.59 Å². The monoisotopic (exact) mass is 277 g/mol. The summed E-state index contributed by atoms with van der Waals surface area (Å²) in [6.45, 7) is 1.52. The lowest BCUT2D eigenvalue weighted by atomic mass is 10.1. The van der Waals surface area contributed by atoms with Gasteiger partial charge in [-0.2, -0.15) is 0 Å². The molecule has 1 amide bonds. The third kappa shape index (κ3) is 5.06. The third-order valence-electron chi connectivity index (χ3n) is 2.25. The summed E-state index contributed by atoms with van der Waals surface area (Å²) in [5.74, 6) is 6.47. The fraction of sp³-hybridized carbons (Fsp3) is 0.286. The van der Waals surface area contributed by atoms with Gasteiger partial charge < -0.3 is 10.5 Å². The first kappa shape index (κ1) is 15.1. The van der Waals surface area contributed by atoms with Crippen molar-refractivity contribution in [3.63, 3.8) is 0 Å². The molecule has 0 spiro atoms. The van der Waals surface area contributed by atoms with Gasteiger partial charge in [0.25, 0.3) is 0 Å². The number of rotatable bonds is 4. The Kier molecular flexibility index (Phi) is 5.97. The van der Waals surface area contributed by atoms with Crippen molar-refractivity contribution >= 4 is 22.8 Å². The summed E-state index contributed by atoms with van der Waals surface area (Å²) >= 11 is 1.23. The molecule has 4 nitrogen and oxygen atoms in total. The maximum atomic E-state index is 11.3. The molecule has 1 rings (SSSR count). The summed E-state index contributed by atoms with van der Waals surface area (Å²) < 4.78 is 5.03. The van der Waals surface area contributed by atoms with Gasteiger partial charge in [-0.15, -0.1) is 0 Å². The van der Waals surface area contributed by atoms with Gasteiger partial charge >= 0.3 is 0 Å². The van der Waals surface area contributed by atoms with Crippen LogP contribution in [0.2, 0.25) is 0 Å². The van der Waals surface area contributed by atoms with E-state index in [0.29, 0.717) is 29.1 Å². The van der Waals surface area contributed by atoms with Crippen LogP contribution in [0.15, 0.2) is 18.2 Å². The van der Waals surface area contributed by atoms with Crippen LogP contribution >= 0.6 is 11.8 Å². The smallest absolute Gasteiger partial charge is 0.250 e. The molecule has 1 aromatic carbocycles. The Hall–Kier alpha value is -1.93. The summed E-state index contributed by atoms with van der Waals surface area (Å²) in [5.41, 5.74) is 6.21. The van der Waals surface area contributed by atoms with Crippen molar-refractivity contribution in [3.8, 4) is 17.6 Å². The second-order valence-electron chi connectivity index (χ2n) is 3.67. The van der Waals surface area contributed by atoms with E-state index in [1.807, 2.05) is 0 Å². The molecule has 0 bridgehead atoms. The number of carbonyl (C=O) groups excluding carboxylic acids is 2. The number of methoxy groups -OCH3 is 1. The lowest BCUT2D eigenvalue weighted by molar-refractivity contribution is -0.109. The molecule has 100 valence electrons. The zero-order valence-electron chi connectivity index (χ0n) is 10.9. The summed E-state index contributed by atoms with van der Waals surface area (Å²) in [6, 6.07) is 4.99. The van der Waals surface area contributed by atoms with Gasteiger partial charge in [-0.25, -0.2) is 0 Å². The maximum Gasteiger partial charge on any atom is 0.250 e. The van der Waals surface area contributed by atoms with Gasteiger partial charge in [0.2, 0.25) is 5.91 Å². The number of ether oxygens (including phenoxy) is 1. The van der Waals surface area contributed by atoms with Gasteiger partial charge in [-0.1, -0.05) is 23.6 Å². The minimum Gasteiger partial charge on any atom is -0.497 e. The molecular formula is C14H15NO3S. The number of thioether (sulfide) groups is 1. The molecule has 0 aromatic heterocycles. The largest absolute Gasteiger partial charge is 0.497 e. The zero-order chi connectivity index (χ0) is 14.3. The minimum absolute atomic E-state index is 0.0732. The molecule has 0 aliphatic carbocycles. The summed E-state index contributed by atoms with van der Waals surface area (Å²) in [7, 11) is 1.52. The van der Waals surface area contributed by atoms with Crippen molar-refractivity contribution in [2.45, 2.75) is 13.3 Å². The predicted octanol–water partition coefficient (Wildman–Crippen LogP) is 1.82. The van der Waals surface area contributed by atoms with Gasteiger partial charge in [-0.3, -0.25) is 9.59 Å². The van der Waals surface area contributed by atoms with Crippen molar-refractivity contribution < 1.29 is 14.3 Å². The van der Waals surface area contributed by atoms with E-state index in [1.54, 1.807) is 18.2 Å². The fourth-order valence-corrected chi connectivity index (χ4v) is 1.86. The van der Waals surface area contributed by atoms with E-state index in [1.165, 1.54) is 25.8 Å². The lowest BCUT2D eigenvalue weighted by Crippen LogP contribution is -2.13. The average molecular weight is 277 g/mol. The highest BCUT2D eigenvalue weighted by molar-refractivity contribution is 8.13. The summed E-state index contributed by atoms with van der Waals surface area (Å²) in [4.78, 5) is 22.0. The first-order valence-electron chi connectivity index (χ1n) is 5.64. The Morgan fingerprint density at radius 3 is 2.74 bits per heavy atom. The Balaban J connectivity index is 2.80. The molecule has 5 heteroatoms. The third-order valence-corrected chi connectivity index (χ3v) is 3.06. The van der Waals surface area contributed by atoms with Crippen LogP contribution in [0, 0.1) is 11.8 Å². The normalized spacial score (nSPS) is 9.37. The van der Waals surface area contributed by atoms with E-state index in [0.717, 1.165) is 0 Å². The van der Waals surface area contributed by atoms with Crippen molar-refractivity contribution in [1.82, 2.24) is 0 Å². The van der Waals surface area contributed by atoms with Crippen LogP contribution in [0.4, 0.5) is 0 Å². The molecule has 0 saturated carbocycles.